The number of nitro groups is 1. The zero-order chi connectivity index (χ0) is 18.8. The topological polar surface area (TPSA) is 111 Å². The van der Waals surface area contributed by atoms with Crippen LogP contribution in [0.2, 0.25) is 0 Å². The lowest BCUT2D eigenvalue weighted by Crippen LogP contribution is -2.44. The number of nitrogens with two attached hydrogens (primary N) is 1. The molecule has 0 atom stereocenters. The number of likely N-dealkylation sites (tertiary alicyclic amines) is 1. The highest BCUT2D eigenvalue weighted by molar-refractivity contribution is 5.69. The lowest BCUT2D eigenvalue weighted by molar-refractivity contribution is -0.384. The number of hydrogen-bond acceptors (Lipinski definition) is 6. The molecule has 0 radical (unpaired) electrons. The smallest absolute Gasteiger partial charge is 0.410 e. The molecule has 1 aromatic rings. The van der Waals surface area contributed by atoms with Crippen LogP contribution in [0.5, 0.6) is 0 Å². The molecule has 1 aliphatic rings. The van der Waals surface area contributed by atoms with Gasteiger partial charge in [-0.2, -0.15) is 0 Å². The van der Waals surface area contributed by atoms with E-state index in [0.29, 0.717) is 25.9 Å². The van der Waals surface area contributed by atoms with Gasteiger partial charge in [0.1, 0.15) is 11.3 Å². The summed E-state index contributed by atoms with van der Waals surface area (Å²) in [5.41, 5.74) is 4.12. The molecule has 1 aliphatic heterocycles. The van der Waals surface area contributed by atoms with Gasteiger partial charge in [0.15, 0.2) is 5.82 Å². The second-order valence-electron chi connectivity index (χ2n) is 7.00. The molecule has 0 spiro atoms. The van der Waals surface area contributed by atoms with Gasteiger partial charge >= 0.3 is 6.09 Å². The zero-order valence-corrected chi connectivity index (χ0v) is 14.5. The first-order chi connectivity index (χ1) is 11.6. The molecule has 1 saturated heterocycles. The lowest BCUT2D eigenvalue weighted by Gasteiger charge is -2.34. The molecule has 0 saturated carbocycles. The van der Waals surface area contributed by atoms with Gasteiger partial charge in [-0.05, 0) is 39.7 Å². The fourth-order valence-corrected chi connectivity index (χ4v) is 2.61. The fourth-order valence-electron chi connectivity index (χ4n) is 2.61. The second kappa shape index (κ2) is 7.12. The maximum absolute atomic E-state index is 14.2. The van der Waals surface area contributed by atoms with E-state index >= 15 is 0 Å². The van der Waals surface area contributed by atoms with Crippen molar-refractivity contribution in [2.75, 3.05) is 24.1 Å². The predicted molar refractivity (Wildman–Crippen MR) is 91.9 cm³/mol. The molecule has 0 bridgehead atoms. The van der Waals surface area contributed by atoms with Gasteiger partial charge in [0.05, 0.1) is 10.6 Å². The van der Waals surface area contributed by atoms with Crippen LogP contribution in [0.4, 0.5) is 26.2 Å². The van der Waals surface area contributed by atoms with Gasteiger partial charge < -0.3 is 20.7 Å². The summed E-state index contributed by atoms with van der Waals surface area (Å²) < 4.78 is 19.5. The highest BCUT2D eigenvalue weighted by Gasteiger charge is 2.27. The molecule has 9 heteroatoms. The third kappa shape index (κ3) is 4.71. The Morgan fingerprint density at radius 3 is 2.52 bits per heavy atom. The van der Waals surface area contributed by atoms with Crippen molar-refractivity contribution >= 4 is 23.2 Å². The molecule has 0 aliphatic carbocycles. The van der Waals surface area contributed by atoms with Crippen molar-refractivity contribution in [2.24, 2.45) is 0 Å². The van der Waals surface area contributed by atoms with Crippen molar-refractivity contribution in [3.8, 4) is 0 Å². The van der Waals surface area contributed by atoms with E-state index in [2.05, 4.69) is 5.32 Å². The van der Waals surface area contributed by atoms with E-state index in [4.69, 9.17) is 10.5 Å². The Balaban J connectivity index is 1.95. The first kappa shape index (κ1) is 18.8. The molecule has 2 rings (SSSR count). The van der Waals surface area contributed by atoms with E-state index in [1.165, 1.54) is 12.1 Å². The van der Waals surface area contributed by atoms with Crippen LogP contribution in [-0.2, 0) is 4.74 Å². The van der Waals surface area contributed by atoms with Gasteiger partial charge in [-0.1, -0.05) is 0 Å². The van der Waals surface area contributed by atoms with Crippen LogP contribution in [0.25, 0.3) is 0 Å². The van der Waals surface area contributed by atoms with Gasteiger partial charge in [-0.15, -0.1) is 0 Å². The quantitative estimate of drug-likeness (QED) is 0.490. The van der Waals surface area contributed by atoms with Crippen LogP contribution in [0, 0.1) is 15.9 Å². The predicted octanol–water partition coefficient (Wildman–Crippen LogP) is 3.13. The second-order valence-corrected chi connectivity index (χ2v) is 7.00. The summed E-state index contributed by atoms with van der Waals surface area (Å²) >= 11 is 0. The van der Waals surface area contributed by atoms with E-state index in [0.717, 1.165) is 0 Å². The van der Waals surface area contributed by atoms with E-state index < -0.39 is 27.7 Å². The third-order valence-corrected chi connectivity index (χ3v) is 3.86. The number of hydrogen-bond donors (Lipinski definition) is 2. The lowest BCUT2D eigenvalue weighted by atomic mass is 10.0. The molecule has 1 aromatic carbocycles. The van der Waals surface area contributed by atoms with Crippen molar-refractivity contribution in [2.45, 2.75) is 45.3 Å². The monoisotopic (exact) mass is 354 g/mol. The summed E-state index contributed by atoms with van der Waals surface area (Å²) in [6, 6.07) is 2.43. The number of amides is 1. The van der Waals surface area contributed by atoms with Crippen LogP contribution in [0.3, 0.4) is 0 Å². The first-order valence-corrected chi connectivity index (χ1v) is 8.05. The van der Waals surface area contributed by atoms with Crippen LogP contribution >= 0.6 is 0 Å². The number of nitrogens with one attached hydrogen (secondary N) is 1. The number of anilines is 2. The molecular formula is C16H23FN4O4. The van der Waals surface area contributed by atoms with Crippen LogP contribution < -0.4 is 11.1 Å². The normalized spacial score (nSPS) is 15.8. The van der Waals surface area contributed by atoms with E-state index in [1.807, 2.05) is 0 Å². The zero-order valence-electron chi connectivity index (χ0n) is 14.5. The molecule has 1 heterocycles. The minimum absolute atomic E-state index is 0.0611. The Labute approximate surface area is 145 Å². The summed E-state index contributed by atoms with van der Waals surface area (Å²) in [7, 11) is 0. The van der Waals surface area contributed by atoms with E-state index in [-0.39, 0.29) is 17.8 Å². The molecule has 0 unspecified atom stereocenters. The van der Waals surface area contributed by atoms with Crippen molar-refractivity contribution in [3.63, 3.8) is 0 Å². The van der Waals surface area contributed by atoms with Crippen LogP contribution in [0.15, 0.2) is 12.1 Å². The Morgan fingerprint density at radius 1 is 1.40 bits per heavy atom. The van der Waals surface area contributed by atoms with Gasteiger partial charge in [0.2, 0.25) is 0 Å². The molecule has 25 heavy (non-hydrogen) atoms. The van der Waals surface area contributed by atoms with Gasteiger partial charge in [0, 0.05) is 25.2 Å². The number of nitrogen functional groups attached to an aromatic ring is 1. The number of rotatable bonds is 3. The standard InChI is InChI=1S/C16H23FN4O4/c1-16(2,3)25-15(22)20-8-6-10(7-9-20)19-11-4-5-12(21(23)24)14(18)13(11)17/h4-5,10,19H,6-9,18H2,1-3H3. The number of nitro benzene ring substituents is 1. The molecular weight excluding hydrogens is 331 g/mol. The Morgan fingerprint density at radius 2 is 2.00 bits per heavy atom. The largest absolute Gasteiger partial charge is 0.444 e. The minimum atomic E-state index is -0.830. The number of carbonyl (C=O) groups excluding carboxylic acids is 1. The van der Waals surface area contributed by atoms with Crippen molar-refractivity contribution in [1.29, 1.82) is 0 Å². The first-order valence-electron chi connectivity index (χ1n) is 8.05. The number of piperidine rings is 1. The Hall–Kier alpha value is -2.58. The molecule has 1 amide bonds. The number of carbonyl (C=O) groups is 1. The maximum Gasteiger partial charge on any atom is 0.410 e. The summed E-state index contributed by atoms with van der Waals surface area (Å²) in [5, 5.41) is 13.8. The van der Waals surface area contributed by atoms with Crippen molar-refractivity contribution < 1.29 is 18.8 Å². The average Bonchev–Trinajstić information content (AvgIpc) is 2.50. The Kier molecular flexibility index (Phi) is 5.34. The third-order valence-electron chi connectivity index (χ3n) is 3.86. The molecule has 8 nitrogen and oxygen atoms in total. The fraction of sp³-hybridized carbons (Fsp3) is 0.562. The minimum Gasteiger partial charge on any atom is -0.444 e. The number of benzene rings is 1. The average molecular weight is 354 g/mol. The van der Waals surface area contributed by atoms with Crippen molar-refractivity contribution in [3.05, 3.63) is 28.1 Å². The van der Waals surface area contributed by atoms with Crippen LogP contribution in [-0.4, -0.2) is 40.6 Å². The van der Waals surface area contributed by atoms with Gasteiger partial charge in [-0.3, -0.25) is 10.1 Å². The summed E-state index contributed by atoms with van der Waals surface area (Å²) in [6.07, 6.45) is 0.849. The van der Waals surface area contributed by atoms with Crippen LogP contribution in [0.1, 0.15) is 33.6 Å². The summed E-state index contributed by atoms with van der Waals surface area (Å²) in [5.74, 6) is -0.830. The number of ether oxygens (including phenoxy) is 1. The highest BCUT2D eigenvalue weighted by Crippen LogP contribution is 2.30. The van der Waals surface area contributed by atoms with Gasteiger partial charge in [0.25, 0.3) is 5.69 Å². The summed E-state index contributed by atoms with van der Waals surface area (Å²) in [4.78, 5) is 23.7. The van der Waals surface area contributed by atoms with Crippen molar-refractivity contribution in [1.82, 2.24) is 4.90 Å². The van der Waals surface area contributed by atoms with E-state index in [1.54, 1.807) is 25.7 Å². The SMILES string of the molecule is CC(C)(C)OC(=O)N1CCC(Nc2ccc([N+](=O)[O-])c(N)c2F)CC1. The van der Waals surface area contributed by atoms with E-state index in [9.17, 15) is 19.3 Å². The molecule has 3 N–H and O–H groups in total. The molecule has 138 valence electrons. The summed E-state index contributed by atoms with van der Waals surface area (Å²) in [6.45, 7) is 6.39. The number of nitrogens with zero attached hydrogens (tertiary/aromatic N) is 2. The number of halogens is 1. The maximum atomic E-state index is 14.2. The molecule has 0 aromatic heterocycles. The highest BCUT2D eigenvalue weighted by atomic mass is 19.1. The molecule has 1 fully saturated rings. The Bertz CT molecular complexity index is 667. The van der Waals surface area contributed by atoms with Gasteiger partial charge in [-0.25, -0.2) is 9.18 Å².